The van der Waals surface area contributed by atoms with Gasteiger partial charge in [-0.15, -0.1) is 0 Å². The molecule has 7 nitrogen and oxygen atoms in total. The van der Waals surface area contributed by atoms with Gasteiger partial charge < -0.3 is 14.7 Å². The van der Waals surface area contributed by atoms with Crippen molar-refractivity contribution in [2.45, 2.75) is 18.7 Å². The molecule has 0 spiro atoms. The topological polar surface area (TPSA) is 103 Å². The quantitative estimate of drug-likeness (QED) is 0.322. The Bertz CT molecular complexity index is 910. The van der Waals surface area contributed by atoms with Gasteiger partial charge in [0.25, 0.3) is 0 Å². The number of hydrazone groups is 1. The molecule has 0 saturated carbocycles. The van der Waals surface area contributed by atoms with Gasteiger partial charge in [0.1, 0.15) is 4.90 Å². The molecule has 138 valence electrons. The monoisotopic (exact) mass is 393 g/mol. The van der Waals surface area contributed by atoms with Gasteiger partial charge in [-0.1, -0.05) is 17.7 Å². The van der Waals surface area contributed by atoms with Crippen LogP contribution in [-0.4, -0.2) is 26.4 Å². The summed E-state index contributed by atoms with van der Waals surface area (Å²) >= 11 is 4.65. The summed E-state index contributed by atoms with van der Waals surface area (Å²) in [6, 6.07) is 11.1. The lowest BCUT2D eigenvalue weighted by Gasteiger charge is -2.12. The fourth-order valence-corrected chi connectivity index (χ4v) is 2.98. The predicted molar refractivity (Wildman–Crippen MR) is 104 cm³/mol. The highest BCUT2D eigenvalue weighted by Gasteiger charge is 2.19. The Morgan fingerprint density at radius 2 is 1.92 bits per heavy atom. The van der Waals surface area contributed by atoms with E-state index < -0.39 is 10.1 Å². The third-order valence-corrected chi connectivity index (χ3v) is 4.50. The van der Waals surface area contributed by atoms with Gasteiger partial charge >= 0.3 is 10.1 Å². The summed E-state index contributed by atoms with van der Waals surface area (Å²) < 4.78 is 35.7. The highest BCUT2D eigenvalue weighted by Crippen LogP contribution is 2.30. The summed E-state index contributed by atoms with van der Waals surface area (Å²) in [5.41, 5.74) is 9.32. The third-order valence-electron chi connectivity index (χ3n) is 3.17. The van der Waals surface area contributed by atoms with Crippen molar-refractivity contribution in [1.82, 2.24) is 5.43 Å². The molecule has 0 aromatic heterocycles. The molecule has 0 heterocycles. The van der Waals surface area contributed by atoms with E-state index in [4.69, 9.17) is 14.7 Å². The van der Waals surface area contributed by atoms with Gasteiger partial charge in [0.2, 0.25) is 0 Å². The highest BCUT2D eigenvalue weighted by molar-refractivity contribution is 7.87. The molecule has 0 fully saturated rings. The summed E-state index contributed by atoms with van der Waals surface area (Å²) in [5.74, 6) is 0.370. The number of nitrogens with zero attached hydrogens (tertiary/aromatic N) is 1. The average molecular weight is 393 g/mol. The van der Waals surface area contributed by atoms with Gasteiger partial charge in [0.15, 0.2) is 16.6 Å². The molecule has 0 amide bonds. The van der Waals surface area contributed by atoms with E-state index >= 15 is 0 Å². The molecule has 9 heteroatoms. The van der Waals surface area contributed by atoms with Crippen LogP contribution in [0.25, 0.3) is 0 Å². The number of benzene rings is 2. The number of thiocarbonyl (C=S) groups is 1. The fraction of sp³-hybridized carbons (Fsp3) is 0.176. The zero-order valence-electron chi connectivity index (χ0n) is 14.3. The third kappa shape index (κ3) is 5.43. The number of nitrogens with one attached hydrogen (secondary N) is 1. The van der Waals surface area contributed by atoms with Gasteiger partial charge in [0.05, 0.1) is 12.8 Å². The van der Waals surface area contributed by atoms with Crippen molar-refractivity contribution in [3.05, 3.63) is 53.6 Å². The smallest absolute Gasteiger partial charge is 0.339 e. The van der Waals surface area contributed by atoms with Crippen LogP contribution in [0, 0.1) is 6.92 Å². The van der Waals surface area contributed by atoms with Crippen LogP contribution < -0.4 is 20.1 Å². The van der Waals surface area contributed by atoms with Gasteiger partial charge in [-0.05, 0) is 62.0 Å². The normalized spacial score (nSPS) is 11.3. The molecule has 0 unspecified atom stereocenters. The van der Waals surface area contributed by atoms with Crippen LogP contribution in [0.2, 0.25) is 0 Å². The highest BCUT2D eigenvalue weighted by atomic mass is 32.2. The van der Waals surface area contributed by atoms with Crippen LogP contribution in [-0.2, 0) is 10.1 Å². The van der Waals surface area contributed by atoms with E-state index in [2.05, 4.69) is 22.7 Å². The van der Waals surface area contributed by atoms with E-state index in [-0.39, 0.29) is 21.5 Å². The first kappa shape index (κ1) is 19.7. The maximum absolute atomic E-state index is 12.5. The van der Waals surface area contributed by atoms with Crippen LogP contribution >= 0.6 is 12.2 Å². The lowest BCUT2D eigenvalue weighted by molar-refractivity contribution is 0.327. The lowest BCUT2D eigenvalue weighted by Crippen LogP contribution is -2.23. The summed E-state index contributed by atoms with van der Waals surface area (Å²) in [5, 5.41) is 3.88. The van der Waals surface area contributed by atoms with Crippen molar-refractivity contribution in [1.29, 1.82) is 0 Å². The summed E-state index contributed by atoms with van der Waals surface area (Å²) in [4.78, 5) is 0.0665. The standard InChI is InChI=1S/C17H19N3O4S2/c1-3-23-16-10-13(11-19-20-17(18)25)6-9-15(16)24-26(21,22)14-7-4-12(2)5-8-14/h4-11H,3H2,1-2H3,(H3,18,20,25). The minimum absolute atomic E-state index is 0.0374. The van der Waals surface area contributed by atoms with Gasteiger partial charge in [0, 0.05) is 0 Å². The number of hydrogen-bond acceptors (Lipinski definition) is 6. The second-order valence-corrected chi connectivity index (χ2v) is 7.21. The number of ether oxygens (including phenoxy) is 1. The van der Waals surface area contributed by atoms with Crippen LogP contribution in [0.1, 0.15) is 18.1 Å². The maximum Gasteiger partial charge on any atom is 0.339 e. The SMILES string of the molecule is CCOc1cc(C=NNC(N)=S)ccc1OS(=O)(=O)c1ccc(C)cc1. The summed E-state index contributed by atoms with van der Waals surface area (Å²) in [6.45, 7) is 4.00. The Morgan fingerprint density at radius 1 is 1.23 bits per heavy atom. The molecule has 2 aromatic rings. The Kier molecular flexibility index (Phi) is 6.53. The molecule has 3 N–H and O–H groups in total. The summed E-state index contributed by atoms with van der Waals surface area (Å²) in [7, 11) is -3.97. The van der Waals surface area contributed by atoms with E-state index in [9.17, 15) is 8.42 Å². The fourth-order valence-electron chi connectivity index (χ4n) is 1.98. The molecule has 26 heavy (non-hydrogen) atoms. The summed E-state index contributed by atoms with van der Waals surface area (Å²) in [6.07, 6.45) is 1.47. The van der Waals surface area contributed by atoms with Crippen LogP contribution in [0.4, 0.5) is 0 Å². The number of rotatable bonds is 7. The van der Waals surface area contributed by atoms with Gasteiger partial charge in [-0.3, -0.25) is 5.43 Å². The van der Waals surface area contributed by atoms with E-state index in [0.717, 1.165) is 5.56 Å². The first-order valence-corrected chi connectivity index (χ1v) is 9.50. The molecule has 2 rings (SSSR count). The average Bonchev–Trinajstić information content (AvgIpc) is 2.57. The molecule has 2 aromatic carbocycles. The Balaban J connectivity index is 2.28. The predicted octanol–water partition coefficient (Wildman–Crippen LogP) is 2.33. The van der Waals surface area contributed by atoms with Crippen LogP contribution in [0.15, 0.2) is 52.5 Å². The first-order valence-electron chi connectivity index (χ1n) is 7.68. The molecule has 0 bridgehead atoms. The van der Waals surface area contributed by atoms with Crippen molar-refractivity contribution in [3.63, 3.8) is 0 Å². The van der Waals surface area contributed by atoms with Gasteiger partial charge in [-0.2, -0.15) is 13.5 Å². The Morgan fingerprint density at radius 3 is 2.54 bits per heavy atom. The van der Waals surface area contributed by atoms with E-state index in [0.29, 0.717) is 12.2 Å². The van der Waals surface area contributed by atoms with Crippen molar-refractivity contribution in [2.24, 2.45) is 10.8 Å². The molecule has 0 aliphatic rings. The van der Waals surface area contributed by atoms with E-state index in [1.165, 1.54) is 24.4 Å². The molecule has 0 radical (unpaired) electrons. The minimum atomic E-state index is -3.97. The molecule has 0 aliphatic heterocycles. The molecule has 0 aliphatic carbocycles. The number of hydrogen-bond donors (Lipinski definition) is 2. The van der Waals surface area contributed by atoms with Crippen molar-refractivity contribution in [3.8, 4) is 11.5 Å². The van der Waals surface area contributed by atoms with Crippen molar-refractivity contribution >= 4 is 33.7 Å². The van der Waals surface area contributed by atoms with Crippen LogP contribution in [0.5, 0.6) is 11.5 Å². The van der Waals surface area contributed by atoms with Crippen LogP contribution in [0.3, 0.4) is 0 Å². The molecule has 0 saturated heterocycles. The van der Waals surface area contributed by atoms with Crippen molar-refractivity contribution < 1.29 is 17.3 Å². The molecular formula is C17H19N3O4S2. The second kappa shape index (κ2) is 8.63. The van der Waals surface area contributed by atoms with Gasteiger partial charge in [-0.25, -0.2) is 0 Å². The largest absolute Gasteiger partial charge is 0.490 e. The maximum atomic E-state index is 12.5. The van der Waals surface area contributed by atoms with E-state index in [1.54, 1.807) is 31.2 Å². The first-order chi connectivity index (χ1) is 12.3. The Labute approximate surface area is 157 Å². The van der Waals surface area contributed by atoms with E-state index in [1.807, 2.05) is 6.92 Å². The second-order valence-electron chi connectivity index (χ2n) is 5.22. The molecule has 0 atom stereocenters. The molecular weight excluding hydrogens is 374 g/mol. The number of nitrogens with two attached hydrogens (primary N) is 1. The minimum Gasteiger partial charge on any atom is -0.490 e. The number of aryl methyl sites for hydroxylation is 1. The lowest BCUT2D eigenvalue weighted by atomic mass is 10.2. The zero-order chi connectivity index (χ0) is 19.2. The zero-order valence-corrected chi connectivity index (χ0v) is 15.9. The Hall–Kier alpha value is -2.65. The van der Waals surface area contributed by atoms with Crippen molar-refractivity contribution in [2.75, 3.05) is 6.61 Å².